The van der Waals surface area contributed by atoms with Crippen molar-refractivity contribution in [3.63, 3.8) is 0 Å². The predicted octanol–water partition coefficient (Wildman–Crippen LogP) is 3.56. The van der Waals surface area contributed by atoms with E-state index in [1.54, 1.807) is 30.3 Å². The van der Waals surface area contributed by atoms with Crippen LogP contribution in [0.3, 0.4) is 0 Å². The fourth-order valence-corrected chi connectivity index (χ4v) is 1.78. The van der Waals surface area contributed by atoms with Crippen molar-refractivity contribution in [1.29, 1.82) is 0 Å². The predicted molar refractivity (Wildman–Crippen MR) is 81.9 cm³/mol. The lowest BCUT2D eigenvalue weighted by atomic mass is 10.1. The minimum absolute atomic E-state index is 0.0307. The molecule has 0 unspecified atom stereocenters. The Hall–Kier alpha value is -2.95. The van der Waals surface area contributed by atoms with Gasteiger partial charge in [0.05, 0.1) is 10.5 Å². The highest BCUT2D eigenvalue weighted by Crippen LogP contribution is 2.19. The van der Waals surface area contributed by atoms with Crippen molar-refractivity contribution in [2.75, 3.05) is 5.32 Å². The first-order valence-corrected chi connectivity index (χ1v) is 6.35. The monoisotopic (exact) mass is 282 g/mol. The van der Waals surface area contributed by atoms with Crippen molar-refractivity contribution in [1.82, 2.24) is 0 Å². The van der Waals surface area contributed by atoms with Crippen LogP contribution in [0.25, 0.3) is 6.08 Å². The highest BCUT2D eigenvalue weighted by Gasteiger charge is 2.09. The number of amides is 1. The van der Waals surface area contributed by atoms with Crippen LogP contribution >= 0.6 is 0 Å². The van der Waals surface area contributed by atoms with Gasteiger partial charge in [0.1, 0.15) is 0 Å². The van der Waals surface area contributed by atoms with Gasteiger partial charge in [-0.2, -0.15) is 0 Å². The summed E-state index contributed by atoms with van der Waals surface area (Å²) >= 11 is 0. The van der Waals surface area contributed by atoms with Crippen LogP contribution in [0.5, 0.6) is 0 Å². The molecule has 0 saturated carbocycles. The van der Waals surface area contributed by atoms with Gasteiger partial charge in [0.15, 0.2) is 0 Å². The number of nitrogens with zero attached hydrogens (tertiary/aromatic N) is 1. The van der Waals surface area contributed by atoms with Gasteiger partial charge < -0.3 is 5.32 Å². The van der Waals surface area contributed by atoms with Crippen molar-refractivity contribution in [2.24, 2.45) is 0 Å². The number of nitro groups is 1. The van der Waals surface area contributed by atoms with E-state index >= 15 is 0 Å². The summed E-state index contributed by atoms with van der Waals surface area (Å²) in [5, 5.41) is 13.6. The highest BCUT2D eigenvalue weighted by molar-refractivity contribution is 6.02. The molecule has 21 heavy (non-hydrogen) atoms. The van der Waals surface area contributed by atoms with E-state index in [0.29, 0.717) is 11.3 Å². The summed E-state index contributed by atoms with van der Waals surface area (Å²) in [6, 6.07) is 13.6. The van der Waals surface area contributed by atoms with Gasteiger partial charge in [-0.3, -0.25) is 14.9 Å². The molecular weight excluding hydrogens is 268 g/mol. The summed E-state index contributed by atoms with van der Waals surface area (Å²) in [4.78, 5) is 22.2. The number of hydrogen-bond acceptors (Lipinski definition) is 3. The largest absolute Gasteiger partial charge is 0.323 e. The Bertz CT molecular complexity index is 691. The molecule has 0 spiro atoms. The molecule has 0 fully saturated rings. The van der Waals surface area contributed by atoms with E-state index in [1.165, 1.54) is 18.2 Å². The smallest absolute Gasteiger partial charge is 0.276 e. The minimum Gasteiger partial charge on any atom is -0.323 e. The van der Waals surface area contributed by atoms with Gasteiger partial charge in [0, 0.05) is 17.8 Å². The van der Waals surface area contributed by atoms with E-state index in [4.69, 9.17) is 0 Å². The molecule has 0 aliphatic heterocycles. The maximum absolute atomic E-state index is 11.8. The number of nitrogens with one attached hydrogen (secondary N) is 1. The number of anilines is 1. The highest BCUT2D eigenvalue weighted by atomic mass is 16.6. The minimum atomic E-state index is -0.475. The molecule has 0 aromatic heterocycles. The SMILES string of the molecule is Cc1ccc(NC(=O)/C=C/c2ccccc2[N+](=O)[O-])cc1. The Morgan fingerprint density at radius 1 is 1.14 bits per heavy atom. The van der Waals surface area contributed by atoms with Crippen LogP contribution in [0.4, 0.5) is 11.4 Å². The number of rotatable bonds is 4. The van der Waals surface area contributed by atoms with E-state index in [9.17, 15) is 14.9 Å². The van der Waals surface area contributed by atoms with Gasteiger partial charge in [0.25, 0.3) is 5.69 Å². The molecule has 2 aromatic rings. The molecule has 106 valence electrons. The number of para-hydroxylation sites is 1. The summed E-state index contributed by atoms with van der Waals surface area (Å²) < 4.78 is 0. The molecule has 0 heterocycles. The van der Waals surface area contributed by atoms with Gasteiger partial charge >= 0.3 is 0 Å². The second-order valence-electron chi connectivity index (χ2n) is 4.50. The first-order valence-electron chi connectivity index (χ1n) is 6.35. The molecule has 0 saturated heterocycles. The van der Waals surface area contributed by atoms with E-state index in [1.807, 2.05) is 19.1 Å². The molecule has 0 atom stereocenters. The normalized spacial score (nSPS) is 10.5. The molecule has 1 amide bonds. The maximum atomic E-state index is 11.8. The summed E-state index contributed by atoms with van der Waals surface area (Å²) in [6.07, 6.45) is 2.71. The molecule has 5 nitrogen and oxygen atoms in total. The number of carbonyl (C=O) groups is 1. The molecule has 0 bridgehead atoms. The van der Waals surface area contributed by atoms with Gasteiger partial charge in [-0.1, -0.05) is 29.8 Å². The zero-order chi connectivity index (χ0) is 15.2. The average molecular weight is 282 g/mol. The molecule has 0 radical (unpaired) electrons. The van der Waals surface area contributed by atoms with Crippen LogP contribution in [-0.2, 0) is 4.79 Å². The number of hydrogen-bond donors (Lipinski definition) is 1. The zero-order valence-corrected chi connectivity index (χ0v) is 11.4. The molecule has 1 N–H and O–H groups in total. The Morgan fingerprint density at radius 2 is 1.81 bits per heavy atom. The van der Waals surface area contributed by atoms with Crippen LogP contribution in [0.15, 0.2) is 54.6 Å². The maximum Gasteiger partial charge on any atom is 0.276 e. The Kier molecular flexibility index (Phi) is 4.46. The van der Waals surface area contributed by atoms with E-state index in [2.05, 4.69) is 5.32 Å². The molecule has 0 aliphatic rings. The van der Waals surface area contributed by atoms with Crippen molar-refractivity contribution in [2.45, 2.75) is 6.92 Å². The second kappa shape index (κ2) is 6.47. The summed E-state index contributed by atoms with van der Waals surface area (Å²) in [7, 11) is 0. The van der Waals surface area contributed by atoms with Crippen LogP contribution in [0, 0.1) is 17.0 Å². The average Bonchev–Trinajstić information content (AvgIpc) is 2.48. The molecule has 2 rings (SSSR count). The van der Waals surface area contributed by atoms with E-state index in [0.717, 1.165) is 5.56 Å². The third kappa shape index (κ3) is 4.01. The van der Waals surface area contributed by atoms with E-state index < -0.39 is 4.92 Å². The number of aryl methyl sites for hydroxylation is 1. The molecular formula is C16H14N2O3. The van der Waals surface area contributed by atoms with E-state index in [-0.39, 0.29) is 11.6 Å². The summed E-state index contributed by atoms with van der Waals surface area (Å²) in [6.45, 7) is 1.96. The lowest BCUT2D eigenvalue weighted by molar-refractivity contribution is -0.385. The topological polar surface area (TPSA) is 72.2 Å². The zero-order valence-electron chi connectivity index (χ0n) is 11.4. The summed E-state index contributed by atoms with van der Waals surface area (Å²) in [5.74, 6) is -0.336. The van der Waals surface area contributed by atoms with Gasteiger partial charge in [-0.15, -0.1) is 0 Å². The first-order chi connectivity index (χ1) is 10.1. The Labute approximate surface area is 122 Å². The fraction of sp³-hybridized carbons (Fsp3) is 0.0625. The molecule has 5 heteroatoms. The number of carbonyl (C=O) groups excluding carboxylic acids is 1. The molecule has 2 aromatic carbocycles. The Morgan fingerprint density at radius 3 is 2.48 bits per heavy atom. The van der Waals surface area contributed by atoms with Gasteiger partial charge in [0.2, 0.25) is 5.91 Å². The third-order valence-corrected chi connectivity index (χ3v) is 2.87. The second-order valence-corrected chi connectivity index (χ2v) is 4.50. The van der Waals surface area contributed by atoms with Crippen molar-refractivity contribution < 1.29 is 9.72 Å². The van der Waals surface area contributed by atoms with Crippen LogP contribution in [0.1, 0.15) is 11.1 Å². The van der Waals surface area contributed by atoms with Crippen molar-refractivity contribution in [3.05, 3.63) is 75.8 Å². The standard InChI is InChI=1S/C16H14N2O3/c1-12-6-9-14(10-7-12)17-16(19)11-8-13-4-2-3-5-15(13)18(20)21/h2-11H,1H3,(H,17,19)/b11-8+. The quantitative estimate of drug-likeness (QED) is 0.529. The van der Waals surface area contributed by atoms with Crippen molar-refractivity contribution in [3.8, 4) is 0 Å². The fourth-order valence-electron chi connectivity index (χ4n) is 1.78. The lowest BCUT2D eigenvalue weighted by Gasteiger charge is -2.02. The van der Waals surface area contributed by atoms with Gasteiger partial charge in [-0.25, -0.2) is 0 Å². The van der Waals surface area contributed by atoms with Crippen LogP contribution in [-0.4, -0.2) is 10.8 Å². The van der Waals surface area contributed by atoms with Crippen LogP contribution in [0.2, 0.25) is 0 Å². The van der Waals surface area contributed by atoms with Gasteiger partial charge in [-0.05, 0) is 31.2 Å². The molecule has 0 aliphatic carbocycles. The third-order valence-electron chi connectivity index (χ3n) is 2.87. The van der Waals surface area contributed by atoms with Crippen LogP contribution < -0.4 is 5.32 Å². The Balaban J connectivity index is 2.09. The summed E-state index contributed by atoms with van der Waals surface area (Å²) in [5.41, 5.74) is 2.14. The van der Waals surface area contributed by atoms with Crippen molar-refractivity contribution >= 4 is 23.4 Å². The first kappa shape index (κ1) is 14.5. The number of benzene rings is 2. The lowest BCUT2D eigenvalue weighted by Crippen LogP contribution is -2.07. The number of nitro benzene ring substituents is 1.